The van der Waals surface area contributed by atoms with E-state index in [9.17, 15) is 0 Å². The van der Waals surface area contributed by atoms with Crippen molar-refractivity contribution in [1.29, 1.82) is 0 Å². The van der Waals surface area contributed by atoms with Gasteiger partial charge in [0.05, 0.1) is 0 Å². The Kier molecular flexibility index (Phi) is 9.16. The van der Waals surface area contributed by atoms with Gasteiger partial charge in [-0.1, -0.05) is 6.92 Å². The Morgan fingerprint density at radius 2 is 2.22 bits per heavy atom. The molecule has 0 radical (unpaired) electrons. The van der Waals surface area contributed by atoms with Crippen molar-refractivity contribution in [2.24, 2.45) is 5.92 Å². The number of unbranched alkanes of at least 4 members (excludes halogenated alkanes) is 1. The summed E-state index contributed by atoms with van der Waals surface area (Å²) >= 11 is 1.96. The van der Waals surface area contributed by atoms with Crippen molar-refractivity contribution in [1.82, 2.24) is 10.2 Å². The summed E-state index contributed by atoms with van der Waals surface area (Å²) in [5.74, 6) is 2.18. The summed E-state index contributed by atoms with van der Waals surface area (Å²) in [5, 5.41) is 3.74. The van der Waals surface area contributed by atoms with Gasteiger partial charge in [-0.2, -0.15) is 11.8 Å². The third-order valence-electron chi connectivity index (χ3n) is 4.03. The molecule has 1 saturated heterocycles. The number of nitrogens with zero attached hydrogens (tertiary/aromatic N) is 1. The molecule has 0 aromatic rings. The van der Waals surface area contributed by atoms with Crippen LogP contribution in [0.5, 0.6) is 0 Å². The molecule has 0 saturated carbocycles. The van der Waals surface area contributed by atoms with Gasteiger partial charge in [0, 0.05) is 12.6 Å². The van der Waals surface area contributed by atoms with Gasteiger partial charge in [0.15, 0.2) is 0 Å². The van der Waals surface area contributed by atoms with Crippen LogP contribution in [0.3, 0.4) is 0 Å². The molecule has 18 heavy (non-hydrogen) atoms. The average molecular weight is 273 g/mol. The lowest BCUT2D eigenvalue weighted by atomic mass is 9.91. The van der Waals surface area contributed by atoms with Crippen LogP contribution in [0.15, 0.2) is 0 Å². The predicted molar refractivity (Wildman–Crippen MR) is 84.5 cm³/mol. The molecule has 1 N–H and O–H groups in total. The summed E-state index contributed by atoms with van der Waals surface area (Å²) in [6.45, 7) is 9.80. The summed E-state index contributed by atoms with van der Waals surface area (Å²) < 4.78 is 0. The Bertz CT molecular complexity index is 197. The fourth-order valence-electron chi connectivity index (χ4n) is 2.89. The second-order valence-electron chi connectivity index (χ2n) is 5.65. The molecule has 1 aliphatic rings. The zero-order valence-corrected chi connectivity index (χ0v) is 13.4. The number of likely N-dealkylation sites (tertiary alicyclic amines) is 1. The molecule has 1 heterocycles. The fraction of sp³-hybridized carbons (Fsp3) is 1.00. The Balaban J connectivity index is 2.13. The average Bonchev–Trinajstić information content (AvgIpc) is 2.39. The largest absolute Gasteiger partial charge is 0.314 e. The van der Waals surface area contributed by atoms with Gasteiger partial charge < -0.3 is 10.2 Å². The molecule has 0 bridgehead atoms. The first-order chi connectivity index (χ1) is 8.77. The number of hydrogen-bond acceptors (Lipinski definition) is 3. The minimum atomic E-state index is 0.693. The first kappa shape index (κ1) is 16.3. The maximum Gasteiger partial charge on any atom is 0.00792 e. The summed E-state index contributed by atoms with van der Waals surface area (Å²) in [6.07, 6.45) is 8.98. The van der Waals surface area contributed by atoms with Crippen LogP contribution in [0.2, 0.25) is 0 Å². The molecular weight excluding hydrogens is 240 g/mol. The molecule has 2 nitrogen and oxygen atoms in total. The van der Waals surface area contributed by atoms with Crippen LogP contribution in [0, 0.1) is 5.92 Å². The number of hydrogen-bond donors (Lipinski definition) is 1. The van der Waals surface area contributed by atoms with Gasteiger partial charge in [-0.15, -0.1) is 0 Å². The lowest BCUT2D eigenvalue weighted by Crippen LogP contribution is -2.44. The van der Waals surface area contributed by atoms with E-state index in [0.717, 1.165) is 5.92 Å². The molecule has 0 aliphatic carbocycles. The zero-order chi connectivity index (χ0) is 13.2. The van der Waals surface area contributed by atoms with Crippen LogP contribution in [-0.4, -0.2) is 49.1 Å². The Morgan fingerprint density at radius 1 is 1.39 bits per heavy atom. The van der Waals surface area contributed by atoms with Crippen LogP contribution in [-0.2, 0) is 0 Å². The van der Waals surface area contributed by atoms with Crippen molar-refractivity contribution in [3.63, 3.8) is 0 Å². The van der Waals surface area contributed by atoms with E-state index in [1.165, 1.54) is 64.0 Å². The normalized spacial score (nSPS) is 23.2. The molecule has 0 amide bonds. The highest BCUT2D eigenvalue weighted by molar-refractivity contribution is 7.98. The van der Waals surface area contributed by atoms with E-state index >= 15 is 0 Å². The molecule has 3 heteroatoms. The quantitative estimate of drug-likeness (QED) is 0.649. The summed E-state index contributed by atoms with van der Waals surface area (Å²) in [5.41, 5.74) is 0. The van der Waals surface area contributed by atoms with E-state index < -0.39 is 0 Å². The van der Waals surface area contributed by atoms with E-state index in [4.69, 9.17) is 0 Å². The third kappa shape index (κ3) is 6.44. The lowest BCUT2D eigenvalue weighted by molar-refractivity contribution is 0.151. The monoisotopic (exact) mass is 272 g/mol. The lowest BCUT2D eigenvalue weighted by Gasteiger charge is -2.36. The van der Waals surface area contributed by atoms with Crippen LogP contribution in [0.4, 0.5) is 0 Å². The van der Waals surface area contributed by atoms with E-state index in [0.29, 0.717) is 6.04 Å². The van der Waals surface area contributed by atoms with Gasteiger partial charge in [0.25, 0.3) is 0 Å². The van der Waals surface area contributed by atoms with Gasteiger partial charge >= 0.3 is 0 Å². The van der Waals surface area contributed by atoms with Crippen LogP contribution >= 0.6 is 11.8 Å². The minimum Gasteiger partial charge on any atom is -0.314 e. The van der Waals surface area contributed by atoms with Crippen LogP contribution < -0.4 is 5.32 Å². The molecule has 2 atom stereocenters. The van der Waals surface area contributed by atoms with E-state index in [1.807, 2.05) is 11.8 Å². The van der Waals surface area contributed by atoms with Crippen molar-refractivity contribution < 1.29 is 0 Å². The summed E-state index contributed by atoms with van der Waals surface area (Å²) in [7, 11) is 0. The van der Waals surface area contributed by atoms with Crippen molar-refractivity contribution in [2.45, 2.75) is 52.0 Å². The number of thioether (sulfide) groups is 1. The fourth-order valence-corrected chi connectivity index (χ4v) is 3.38. The predicted octanol–water partition coefficient (Wildman–Crippen LogP) is 3.23. The smallest absolute Gasteiger partial charge is 0.00792 e. The highest BCUT2D eigenvalue weighted by atomic mass is 32.2. The van der Waals surface area contributed by atoms with Crippen molar-refractivity contribution in [2.75, 3.05) is 38.2 Å². The van der Waals surface area contributed by atoms with Gasteiger partial charge in [-0.05, 0) is 76.6 Å². The van der Waals surface area contributed by atoms with Crippen molar-refractivity contribution >= 4 is 11.8 Å². The molecule has 2 unspecified atom stereocenters. The molecule has 1 aliphatic heterocycles. The third-order valence-corrected chi connectivity index (χ3v) is 4.73. The van der Waals surface area contributed by atoms with E-state index in [-0.39, 0.29) is 0 Å². The molecule has 1 fully saturated rings. The molecule has 1 rings (SSSR count). The van der Waals surface area contributed by atoms with Gasteiger partial charge in [-0.3, -0.25) is 0 Å². The number of piperidine rings is 1. The molecule has 0 aromatic heterocycles. The maximum atomic E-state index is 3.74. The highest BCUT2D eigenvalue weighted by Crippen LogP contribution is 2.19. The van der Waals surface area contributed by atoms with Crippen LogP contribution in [0.1, 0.15) is 46.0 Å². The molecule has 0 aromatic carbocycles. The van der Waals surface area contributed by atoms with Crippen LogP contribution in [0.25, 0.3) is 0 Å². The minimum absolute atomic E-state index is 0.693. The van der Waals surface area contributed by atoms with Gasteiger partial charge in [0.1, 0.15) is 0 Å². The van der Waals surface area contributed by atoms with Crippen molar-refractivity contribution in [3.05, 3.63) is 0 Å². The summed E-state index contributed by atoms with van der Waals surface area (Å²) in [4.78, 5) is 2.65. The Morgan fingerprint density at radius 3 is 2.94 bits per heavy atom. The van der Waals surface area contributed by atoms with Gasteiger partial charge in [0.2, 0.25) is 0 Å². The van der Waals surface area contributed by atoms with Crippen molar-refractivity contribution in [3.8, 4) is 0 Å². The molecular formula is C15H32N2S. The maximum absolute atomic E-state index is 3.74. The SMILES string of the molecule is CCCN1CCCC(C(C)NCCCCSC)C1. The Hall–Kier alpha value is 0.270. The highest BCUT2D eigenvalue weighted by Gasteiger charge is 2.23. The summed E-state index contributed by atoms with van der Waals surface area (Å²) in [6, 6.07) is 0.693. The topological polar surface area (TPSA) is 15.3 Å². The number of nitrogens with one attached hydrogen (secondary N) is 1. The second kappa shape index (κ2) is 10.1. The van der Waals surface area contributed by atoms with E-state index in [2.05, 4.69) is 30.3 Å². The first-order valence-corrected chi connectivity index (χ1v) is 9.12. The van der Waals surface area contributed by atoms with E-state index in [1.54, 1.807) is 0 Å². The molecule has 108 valence electrons. The van der Waals surface area contributed by atoms with Gasteiger partial charge in [-0.25, -0.2) is 0 Å². The Labute approximate surface area is 118 Å². The zero-order valence-electron chi connectivity index (χ0n) is 12.6. The second-order valence-corrected chi connectivity index (χ2v) is 6.63. The number of rotatable bonds is 9. The standard InChI is InChI=1S/C15H32N2S/c1-4-10-17-11-7-8-15(13-17)14(2)16-9-5-6-12-18-3/h14-16H,4-13H2,1-3H3. The molecule has 0 spiro atoms. The first-order valence-electron chi connectivity index (χ1n) is 7.72.